The van der Waals surface area contributed by atoms with E-state index in [9.17, 15) is 15.4 Å². The van der Waals surface area contributed by atoms with Crippen molar-refractivity contribution in [3.63, 3.8) is 0 Å². The lowest BCUT2D eigenvalue weighted by Crippen LogP contribution is -2.24. The zero-order valence-corrected chi connectivity index (χ0v) is 12.4. The monoisotopic (exact) mass is 315 g/mol. The summed E-state index contributed by atoms with van der Waals surface area (Å²) in [7, 11) is 0. The SMILES string of the molecule is N#CC1=C(N)OC2=C(CSCC2)C1c1ccccc1[N+](=O)[O-]. The Balaban J connectivity index is 2.21. The molecule has 1 aromatic carbocycles. The van der Waals surface area contributed by atoms with Crippen LogP contribution in [0.2, 0.25) is 0 Å². The number of rotatable bonds is 2. The van der Waals surface area contributed by atoms with E-state index >= 15 is 0 Å². The normalized spacial score (nSPS) is 21.0. The molecule has 2 aliphatic heterocycles. The van der Waals surface area contributed by atoms with Crippen molar-refractivity contribution in [1.82, 2.24) is 0 Å². The van der Waals surface area contributed by atoms with Crippen LogP contribution in [-0.4, -0.2) is 16.4 Å². The molecule has 3 rings (SSSR count). The Morgan fingerprint density at radius 3 is 2.95 bits per heavy atom. The largest absolute Gasteiger partial charge is 0.445 e. The summed E-state index contributed by atoms with van der Waals surface area (Å²) in [5, 5.41) is 20.8. The van der Waals surface area contributed by atoms with Gasteiger partial charge < -0.3 is 10.5 Å². The molecule has 2 aliphatic rings. The highest BCUT2D eigenvalue weighted by atomic mass is 32.2. The number of benzene rings is 1. The zero-order chi connectivity index (χ0) is 15.7. The first-order valence-corrected chi connectivity index (χ1v) is 7.89. The van der Waals surface area contributed by atoms with Gasteiger partial charge in [0, 0.05) is 29.6 Å². The first-order valence-electron chi connectivity index (χ1n) is 6.74. The van der Waals surface area contributed by atoms with E-state index in [1.54, 1.807) is 30.0 Å². The Morgan fingerprint density at radius 1 is 1.45 bits per heavy atom. The lowest BCUT2D eigenvalue weighted by Gasteiger charge is -2.31. The second-order valence-corrected chi connectivity index (χ2v) is 6.10. The van der Waals surface area contributed by atoms with Crippen LogP contribution in [0.15, 0.2) is 47.1 Å². The third kappa shape index (κ3) is 2.31. The van der Waals surface area contributed by atoms with Crippen molar-refractivity contribution in [2.75, 3.05) is 11.5 Å². The highest BCUT2D eigenvalue weighted by molar-refractivity contribution is 7.99. The Kier molecular flexibility index (Phi) is 3.77. The number of nitriles is 1. The fraction of sp³-hybridized carbons (Fsp3) is 0.267. The summed E-state index contributed by atoms with van der Waals surface area (Å²) in [6.45, 7) is 0. The number of thioether (sulfide) groups is 1. The summed E-state index contributed by atoms with van der Waals surface area (Å²) < 4.78 is 5.58. The molecule has 112 valence electrons. The van der Waals surface area contributed by atoms with Crippen molar-refractivity contribution < 1.29 is 9.66 Å². The molecule has 0 aliphatic carbocycles. The Labute approximate surface area is 131 Å². The standard InChI is InChI=1S/C15H13N3O3S/c16-7-10-14(9-3-1-2-4-12(9)18(19)20)11-8-22-6-5-13(11)21-15(10)17/h1-4,14H,5-6,8,17H2. The number of hydrogen-bond acceptors (Lipinski definition) is 6. The van der Waals surface area contributed by atoms with Crippen LogP contribution in [0.1, 0.15) is 17.9 Å². The number of allylic oxidation sites excluding steroid dienone is 2. The van der Waals surface area contributed by atoms with E-state index in [2.05, 4.69) is 6.07 Å². The van der Waals surface area contributed by atoms with Crippen molar-refractivity contribution in [3.05, 3.63) is 62.7 Å². The van der Waals surface area contributed by atoms with Gasteiger partial charge in [-0.15, -0.1) is 0 Å². The van der Waals surface area contributed by atoms with Crippen LogP contribution in [-0.2, 0) is 4.74 Å². The fourth-order valence-corrected chi connectivity index (χ4v) is 3.84. The predicted molar refractivity (Wildman–Crippen MR) is 82.7 cm³/mol. The zero-order valence-electron chi connectivity index (χ0n) is 11.6. The molecule has 1 atom stereocenters. The lowest BCUT2D eigenvalue weighted by atomic mass is 9.82. The number of para-hydroxylation sites is 1. The Bertz CT molecular complexity index is 749. The van der Waals surface area contributed by atoms with E-state index in [0.717, 1.165) is 23.5 Å². The van der Waals surface area contributed by atoms with Gasteiger partial charge in [0.2, 0.25) is 5.88 Å². The van der Waals surface area contributed by atoms with Crippen molar-refractivity contribution in [3.8, 4) is 6.07 Å². The molecule has 0 saturated carbocycles. The number of nitrogens with two attached hydrogens (primary N) is 1. The van der Waals surface area contributed by atoms with Gasteiger partial charge >= 0.3 is 0 Å². The molecule has 0 aromatic heterocycles. The minimum absolute atomic E-state index is 0.00243. The van der Waals surface area contributed by atoms with Crippen LogP contribution < -0.4 is 5.73 Å². The molecule has 2 N–H and O–H groups in total. The number of nitro groups is 1. The van der Waals surface area contributed by atoms with Crippen LogP contribution in [0.25, 0.3) is 0 Å². The molecule has 0 amide bonds. The lowest BCUT2D eigenvalue weighted by molar-refractivity contribution is -0.385. The molecule has 22 heavy (non-hydrogen) atoms. The maximum Gasteiger partial charge on any atom is 0.273 e. The summed E-state index contributed by atoms with van der Waals surface area (Å²) in [5.41, 5.74) is 7.52. The molecule has 0 radical (unpaired) electrons. The Hall–Kier alpha value is -2.46. The second kappa shape index (κ2) is 5.73. The molecule has 0 bridgehead atoms. The molecule has 6 nitrogen and oxygen atoms in total. The minimum atomic E-state index is -0.497. The maximum atomic E-state index is 11.3. The van der Waals surface area contributed by atoms with Crippen LogP contribution >= 0.6 is 11.8 Å². The molecule has 1 aromatic rings. The molecular weight excluding hydrogens is 302 g/mol. The van der Waals surface area contributed by atoms with Gasteiger partial charge in [-0.2, -0.15) is 17.0 Å². The van der Waals surface area contributed by atoms with Crippen LogP contribution in [0, 0.1) is 21.4 Å². The van der Waals surface area contributed by atoms with Gasteiger partial charge in [-0.05, 0) is 5.57 Å². The number of nitro benzene ring substituents is 1. The third-order valence-corrected chi connectivity index (χ3v) is 4.80. The van der Waals surface area contributed by atoms with Crippen LogP contribution in [0.4, 0.5) is 5.69 Å². The Morgan fingerprint density at radius 2 is 2.23 bits per heavy atom. The van der Waals surface area contributed by atoms with E-state index in [-0.39, 0.29) is 17.1 Å². The number of hydrogen-bond donors (Lipinski definition) is 1. The topological polar surface area (TPSA) is 102 Å². The third-order valence-electron chi connectivity index (χ3n) is 3.79. The summed E-state index contributed by atoms with van der Waals surface area (Å²) in [6, 6.07) is 8.55. The molecule has 7 heteroatoms. The van der Waals surface area contributed by atoms with Crippen molar-refractivity contribution in [2.45, 2.75) is 12.3 Å². The summed E-state index contributed by atoms with van der Waals surface area (Å²) >= 11 is 1.73. The van der Waals surface area contributed by atoms with E-state index in [0.29, 0.717) is 11.3 Å². The molecule has 1 unspecified atom stereocenters. The summed E-state index contributed by atoms with van der Waals surface area (Å²) in [4.78, 5) is 10.9. The van der Waals surface area contributed by atoms with Crippen molar-refractivity contribution in [1.29, 1.82) is 5.26 Å². The maximum absolute atomic E-state index is 11.3. The van der Waals surface area contributed by atoms with Gasteiger partial charge in [0.25, 0.3) is 5.69 Å². The molecule has 0 spiro atoms. The minimum Gasteiger partial charge on any atom is -0.445 e. The van der Waals surface area contributed by atoms with Gasteiger partial charge in [0.15, 0.2) is 0 Å². The average Bonchev–Trinajstić information content (AvgIpc) is 2.53. The number of nitrogens with zero attached hydrogens (tertiary/aromatic N) is 2. The second-order valence-electron chi connectivity index (χ2n) is 4.99. The van der Waals surface area contributed by atoms with E-state index in [4.69, 9.17) is 10.5 Å². The van der Waals surface area contributed by atoms with Crippen molar-refractivity contribution in [2.24, 2.45) is 5.73 Å². The van der Waals surface area contributed by atoms with E-state index < -0.39 is 10.8 Å². The van der Waals surface area contributed by atoms with Crippen LogP contribution in [0.3, 0.4) is 0 Å². The van der Waals surface area contributed by atoms with Gasteiger partial charge in [0.05, 0.1) is 10.8 Å². The molecule has 0 saturated heterocycles. The summed E-state index contributed by atoms with van der Waals surface area (Å²) in [5.74, 6) is 1.90. The van der Waals surface area contributed by atoms with Crippen molar-refractivity contribution >= 4 is 17.4 Å². The van der Waals surface area contributed by atoms with Gasteiger partial charge in [-0.25, -0.2) is 0 Å². The highest BCUT2D eigenvalue weighted by Crippen LogP contribution is 2.45. The number of ether oxygens (including phenoxy) is 1. The quantitative estimate of drug-likeness (QED) is 0.665. The first kappa shape index (κ1) is 14.5. The average molecular weight is 315 g/mol. The van der Waals surface area contributed by atoms with E-state index in [1.165, 1.54) is 6.07 Å². The van der Waals surface area contributed by atoms with Gasteiger partial charge in [0.1, 0.15) is 17.4 Å². The fourth-order valence-electron chi connectivity index (χ4n) is 2.81. The molecule has 2 heterocycles. The van der Waals surface area contributed by atoms with Crippen LogP contribution in [0.5, 0.6) is 0 Å². The predicted octanol–water partition coefficient (Wildman–Crippen LogP) is 2.79. The van der Waals surface area contributed by atoms with Gasteiger partial charge in [-0.1, -0.05) is 18.2 Å². The molecular formula is C15H13N3O3S. The first-order chi connectivity index (χ1) is 10.6. The summed E-state index contributed by atoms with van der Waals surface area (Å²) in [6.07, 6.45) is 0.719. The molecule has 0 fully saturated rings. The van der Waals surface area contributed by atoms with Gasteiger partial charge in [-0.3, -0.25) is 10.1 Å². The smallest absolute Gasteiger partial charge is 0.273 e. The highest BCUT2D eigenvalue weighted by Gasteiger charge is 2.37. The van der Waals surface area contributed by atoms with E-state index in [1.807, 2.05) is 0 Å².